The number of aromatic nitrogens is 2. The van der Waals surface area contributed by atoms with Crippen LogP contribution in [0.5, 0.6) is 11.5 Å². The zero-order valence-corrected chi connectivity index (χ0v) is 14.4. The molecule has 0 unspecified atom stereocenters. The molecule has 1 aromatic carbocycles. The van der Waals surface area contributed by atoms with E-state index in [1.165, 1.54) is 10.9 Å². The molecule has 2 rings (SSSR count). The van der Waals surface area contributed by atoms with Crippen molar-refractivity contribution in [1.82, 2.24) is 9.78 Å². The highest BCUT2D eigenvalue weighted by Crippen LogP contribution is 2.22. The Balaban J connectivity index is 2.14. The first kappa shape index (κ1) is 16.3. The third kappa shape index (κ3) is 3.56. The smallest absolute Gasteiger partial charge is 0.384 e. The Morgan fingerprint density at radius 3 is 2.73 bits per heavy atom. The molecule has 22 heavy (non-hydrogen) atoms. The average Bonchev–Trinajstić information content (AvgIpc) is 2.86. The van der Waals surface area contributed by atoms with E-state index in [1.54, 1.807) is 45.7 Å². The Morgan fingerprint density at radius 1 is 1.36 bits per heavy atom. The highest BCUT2D eigenvalue weighted by Gasteiger charge is 2.16. The van der Waals surface area contributed by atoms with E-state index in [1.807, 2.05) is 22.6 Å². The predicted octanol–water partition coefficient (Wildman–Crippen LogP) is 2.23. The molecule has 2 aromatic rings. The third-order valence-corrected chi connectivity index (χ3v) is 3.64. The van der Waals surface area contributed by atoms with Gasteiger partial charge >= 0.3 is 5.97 Å². The monoisotopic (exact) mass is 415 g/mol. The molecular formula is C14H14IN3O4. The van der Waals surface area contributed by atoms with E-state index in [4.69, 9.17) is 14.3 Å². The molecule has 0 radical (unpaired) electrons. The lowest BCUT2D eigenvalue weighted by Gasteiger charge is -2.06. The Labute approximate surface area is 141 Å². The van der Waals surface area contributed by atoms with Gasteiger partial charge in [-0.15, -0.1) is 0 Å². The van der Waals surface area contributed by atoms with Crippen molar-refractivity contribution < 1.29 is 19.1 Å². The first-order valence-corrected chi connectivity index (χ1v) is 7.29. The highest BCUT2D eigenvalue weighted by atomic mass is 127. The quantitative estimate of drug-likeness (QED) is 0.324. The van der Waals surface area contributed by atoms with Gasteiger partial charge in [-0.3, -0.25) is 4.68 Å². The molecule has 0 aliphatic carbocycles. The summed E-state index contributed by atoms with van der Waals surface area (Å²) in [5.74, 6) is 0.660. The summed E-state index contributed by atoms with van der Waals surface area (Å²) in [4.78, 5) is 16.9. The molecule has 0 N–H and O–H groups in total. The topological polar surface area (TPSA) is 74.9 Å². The van der Waals surface area contributed by atoms with E-state index in [-0.39, 0.29) is 0 Å². The third-order valence-electron chi connectivity index (χ3n) is 2.85. The number of aryl methyl sites for hydroxylation is 1. The van der Waals surface area contributed by atoms with Crippen molar-refractivity contribution >= 4 is 34.8 Å². The van der Waals surface area contributed by atoms with Crippen LogP contribution in [-0.2, 0) is 11.9 Å². The van der Waals surface area contributed by atoms with Crippen LogP contribution in [0.25, 0.3) is 0 Å². The fourth-order valence-electron chi connectivity index (χ4n) is 1.75. The number of ether oxygens (including phenoxy) is 2. The van der Waals surface area contributed by atoms with Gasteiger partial charge in [-0.1, -0.05) is 5.16 Å². The van der Waals surface area contributed by atoms with Crippen LogP contribution < -0.4 is 9.47 Å². The second-order valence-electron chi connectivity index (χ2n) is 4.19. The molecule has 0 atom stereocenters. The summed E-state index contributed by atoms with van der Waals surface area (Å²) in [6.45, 7) is 0. The molecule has 0 saturated heterocycles. The molecule has 0 aliphatic heterocycles. The van der Waals surface area contributed by atoms with E-state index in [2.05, 4.69) is 10.3 Å². The van der Waals surface area contributed by atoms with Crippen LogP contribution in [0.1, 0.15) is 16.1 Å². The van der Waals surface area contributed by atoms with E-state index in [0.29, 0.717) is 26.3 Å². The standard InChI is InChI=1S/C14H14IN3O4/c1-18-13(11(15)8-16-18)14(19)22-17-7-9-6-10(20-2)4-5-12(9)21-3/h4-8H,1-3H3. The minimum atomic E-state index is -0.581. The molecule has 0 saturated carbocycles. The number of carbonyl (C=O) groups is 1. The van der Waals surface area contributed by atoms with Crippen LogP contribution in [0, 0.1) is 3.57 Å². The molecule has 0 amide bonds. The number of carbonyl (C=O) groups excluding carboxylic acids is 1. The normalized spacial score (nSPS) is 10.7. The fourth-order valence-corrected chi connectivity index (χ4v) is 2.45. The summed E-state index contributed by atoms with van der Waals surface area (Å²) in [6.07, 6.45) is 2.97. The van der Waals surface area contributed by atoms with Gasteiger partial charge in [-0.05, 0) is 40.8 Å². The summed E-state index contributed by atoms with van der Waals surface area (Å²) in [5, 5.41) is 7.68. The van der Waals surface area contributed by atoms with Gasteiger partial charge in [0.2, 0.25) is 0 Å². The van der Waals surface area contributed by atoms with Gasteiger partial charge in [-0.25, -0.2) is 4.79 Å². The Bertz CT molecular complexity index is 693. The Hall–Kier alpha value is -2.10. The van der Waals surface area contributed by atoms with E-state index in [0.717, 1.165) is 0 Å². The molecule has 0 aliphatic rings. The second kappa shape index (κ2) is 7.25. The van der Waals surface area contributed by atoms with Gasteiger partial charge in [0, 0.05) is 12.6 Å². The number of nitrogens with zero attached hydrogens (tertiary/aromatic N) is 3. The van der Waals surface area contributed by atoms with Gasteiger partial charge in [0.15, 0.2) is 5.69 Å². The van der Waals surface area contributed by atoms with Crippen LogP contribution in [0.15, 0.2) is 29.6 Å². The maximum atomic E-state index is 12.0. The van der Waals surface area contributed by atoms with Gasteiger partial charge < -0.3 is 14.3 Å². The first-order chi connectivity index (χ1) is 10.6. The SMILES string of the molecule is COc1ccc(OC)c(C=NOC(=O)c2c(I)cnn2C)c1. The van der Waals surface area contributed by atoms with Gasteiger partial charge in [-0.2, -0.15) is 5.10 Å². The highest BCUT2D eigenvalue weighted by molar-refractivity contribution is 14.1. The molecule has 0 bridgehead atoms. The zero-order chi connectivity index (χ0) is 16.1. The first-order valence-electron chi connectivity index (χ1n) is 6.21. The van der Waals surface area contributed by atoms with Crippen LogP contribution in [-0.4, -0.2) is 36.2 Å². The van der Waals surface area contributed by atoms with Crippen LogP contribution in [0.2, 0.25) is 0 Å². The molecule has 8 heteroatoms. The van der Waals surface area contributed by atoms with Crippen LogP contribution >= 0.6 is 22.6 Å². The number of methoxy groups -OCH3 is 2. The molecule has 1 heterocycles. The minimum Gasteiger partial charge on any atom is -0.497 e. The number of rotatable bonds is 5. The van der Waals surface area contributed by atoms with Crippen molar-refractivity contribution in [3.8, 4) is 11.5 Å². The van der Waals surface area contributed by atoms with Crippen molar-refractivity contribution in [1.29, 1.82) is 0 Å². The van der Waals surface area contributed by atoms with Crippen molar-refractivity contribution in [2.24, 2.45) is 12.2 Å². The Morgan fingerprint density at radius 2 is 2.14 bits per heavy atom. The summed E-state index contributed by atoms with van der Waals surface area (Å²) < 4.78 is 12.5. The minimum absolute atomic E-state index is 0.343. The van der Waals surface area contributed by atoms with E-state index < -0.39 is 5.97 Å². The lowest BCUT2D eigenvalue weighted by molar-refractivity contribution is 0.0505. The Kier molecular flexibility index (Phi) is 5.36. The number of benzene rings is 1. The second-order valence-corrected chi connectivity index (χ2v) is 5.35. The van der Waals surface area contributed by atoms with Crippen molar-refractivity contribution in [2.75, 3.05) is 14.2 Å². The van der Waals surface area contributed by atoms with Gasteiger partial charge in [0.25, 0.3) is 0 Å². The average molecular weight is 415 g/mol. The molecule has 0 fully saturated rings. The number of halogens is 1. The number of oxime groups is 1. The van der Waals surface area contributed by atoms with Crippen molar-refractivity contribution in [3.63, 3.8) is 0 Å². The molecule has 7 nitrogen and oxygen atoms in total. The van der Waals surface area contributed by atoms with E-state index >= 15 is 0 Å². The molecule has 1 aromatic heterocycles. The number of hydrogen-bond acceptors (Lipinski definition) is 6. The number of hydrogen-bond donors (Lipinski definition) is 0. The van der Waals surface area contributed by atoms with Crippen molar-refractivity contribution in [2.45, 2.75) is 0 Å². The molecule has 116 valence electrons. The van der Waals surface area contributed by atoms with Crippen LogP contribution in [0.3, 0.4) is 0 Å². The van der Waals surface area contributed by atoms with Crippen molar-refractivity contribution in [3.05, 3.63) is 39.2 Å². The van der Waals surface area contributed by atoms with Crippen LogP contribution in [0.4, 0.5) is 0 Å². The van der Waals surface area contributed by atoms with Gasteiger partial charge in [0.05, 0.1) is 30.2 Å². The zero-order valence-electron chi connectivity index (χ0n) is 12.2. The summed E-state index contributed by atoms with van der Waals surface area (Å²) >= 11 is 2.01. The largest absolute Gasteiger partial charge is 0.497 e. The lowest BCUT2D eigenvalue weighted by Crippen LogP contribution is -2.09. The molecule has 0 spiro atoms. The molecular weight excluding hydrogens is 401 g/mol. The maximum Gasteiger partial charge on any atom is 0.384 e. The fraction of sp³-hybridized carbons (Fsp3) is 0.214. The lowest BCUT2D eigenvalue weighted by atomic mass is 10.2. The maximum absolute atomic E-state index is 12.0. The summed E-state index contributed by atoms with van der Waals surface area (Å²) in [5.41, 5.74) is 0.977. The van der Waals surface area contributed by atoms with Gasteiger partial charge in [0.1, 0.15) is 11.5 Å². The summed E-state index contributed by atoms with van der Waals surface area (Å²) in [7, 11) is 4.77. The van der Waals surface area contributed by atoms with E-state index in [9.17, 15) is 4.79 Å². The predicted molar refractivity (Wildman–Crippen MR) is 88.5 cm³/mol. The summed E-state index contributed by atoms with van der Waals surface area (Å²) in [6, 6.07) is 5.23.